The molecule has 0 saturated heterocycles. The van der Waals surface area contributed by atoms with E-state index in [9.17, 15) is 9.18 Å². The number of rotatable bonds is 4. The van der Waals surface area contributed by atoms with Gasteiger partial charge in [0.1, 0.15) is 17.1 Å². The molecule has 2 N–H and O–H groups in total. The normalized spacial score (nSPS) is 21.9. The van der Waals surface area contributed by atoms with Crippen LogP contribution < -0.4 is 10.5 Å². The monoisotopic (exact) mass is 294 g/mol. The molecular formula is C16H23FN2O2. The zero-order valence-electron chi connectivity index (χ0n) is 12.6. The van der Waals surface area contributed by atoms with Crippen LogP contribution in [0.1, 0.15) is 43.0 Å². The molecule has 0 unspecified atom stereocenters. The standard InChI is InChI=1S/C16H23FN2O2/c1-3-19(12-9-7-11(18)8-10-12)16(20)15-13(17)5-4-6-14(15)21-2/h4-6,11-12H,3,7-10,18H2,1-2H3. The molecule has 1 aliphatic rings. The summed E-state index contributed by atoms with van der Waals surface area (Å²) >= 11 is 0. The Hall–Kier alpha value is -1.62. The van der Waals surface area contributed by atoms with Crippen LogP contribution in [0.15, 0.2) is 18.2 Å². The molecule has 0 atom stereocenters. The lowest BCUT2D eigenvalue weighted by atomic mass is 9.90. The fourth-order valence-electron chi connectivity index (χ4n) is 3.01. The van der Waals surface area contributed by atoms with E-state index in [2.05, 4.69) is 0 Å². The van der Waals surface area contributed by atoms with Gasteiger partial charge in [0.2, 0.25) is 0 Å². The van der Waals surface area contributed by atoms with E-state index in [0.717, 1.165) is 25.7 Å². The number of carbonyl (C=O) groups excluding carboxylic acids is 1. The molecule has 1 saturated carbocycles. The van der Waals surface area contributed by atoms with Gasteiger partial charge >= 0.3 is 0 Å². The highest BCUT2D eigenvalue weighted by atomic mass is 19.1. The van der Waals surface area contributed by atoms with Crippen molar-refractivity contribution in [3.8, 4) is 5.75 Å². The number of methoxy groups -OCH3 is 1. The molecule has 4 nitrogen and oxygen atoms in total. The molecule has 0 aromatic heterocycles. The predicted octanol–water partition coefficient (Wildman–Crippen LogP) is 2.57. The van der Waals surface area contributed by atoms with Crippen molar-refractivity contribution in [3.05, 3.63) is 29.6 Å². The van der Waals surface area contributed by atoms with Crippen LogP contribution in [-0.4, -0.2) is 36.5 Å². The SMILES string of the molecule is CCN(C(=O)c1c(F)cccc1OC)C1CCC(N)CC1. The molecule has 0 aliphatic heterocycles. The Morgan fingerprint density at radius 1 is 1.38 bits per heavy atom. The summed E-state index contributed by atoms with van der Waals surface area (Å²) in [5, 5.41) is 0. The van der Waals surface area contributed by atoms with Crippen molar-refractivity contribution < 1.29 is 13.9 Å². The minimum absolute atomic E-state index is 0.0247. The van der Waals surface area contributed by atoms with E-state index in [0.29, 0.717) is 6.54 Å². The van der Waals surface area contributed by atoms with Crippen LogP contribution in [-0.2, 0) is 0 Å². The smallest absolute Gasteiger partial charge is 0.260 e. The maximum atomic E-state index is 14.1. The zero-order chi connectivity index (χ0) is 15.4. The van der Waals surface area contributed by atoms with Crippen molar-refractivity contribution in [2.24, 2.45) is 5.73 Å². The van der Waals surface area contributed by atoms with Crippen LogP contribution in [0.25, 0.3) is 0 Å². The van der Waals surface area contributed by atoms with Crippen molar-refractivity contribution in [1.82, 2.24) is 4.90 Å². The van der Waals surface area contributed by atoms with Crippen LogP contribution in [0.5, 0.6) is 5.75 Å². The third kappa shape index (κ3) is 3.35. The fraction of sp³-hybridized carbons (Fsp3) is 0.562. The second-order valence-electron chi connectivity index (χ2n) is 5.48. The number of carbonyl (C=O) groups is 1. The number of amides is 1. The molecule has 116 valence electrons. The Balaban J connectivity index is 2.24. The van der Waals surface area contributed by atoms with Gasteiger partial charge in [-0.1, -0.05) is 6.07 Å². The first kappa shape index (κ1) is 15.8. The van der Waals surface area contributed by atoms with E-state index in [-0.39, 0.29) is 29.3 Å². The maximum Gasteiger partial charge on any atom is 0.260 e. The van der Waals surface area contributed by atoms with Gasteiger partial charge in [0, 0.05) is 18.6 Å². The zero-order valence-corrected chi connectivity index (χ0v) is 12.6. The molecule has 0 radical (unpaired) electrons. The summed E-state index contributed by atoms with van der Waals surface area (Å²) < 4.78 is 19.2. The fourth-order valence-corrected chi connectivity index (χ4v) is 3.01. The highest BCUT2D eigenvalue weighted by Gasteiger charge is 2.30. The number of halogens is 1. The number of nitrogens with zero attached hydrogens (tertiary/aromatic N) is 1. The summed E-state index contributed by atoms with van der Waals surface area (Å²) in [6.07, 6.45) is 3.56. The first-order valence-corrected chi connectivity index (χ1v) is 7.47. The van der Waals surface area contributed by atoms with Gasteiger partial charge in [-0.15, -0.1) is 0 Å². The van der Waals surface area contributed by atoms with Crippen LogP contribution in [0.2, 0.25) is 0 Å². The largest absolute Gasteiger partial charge is 0.496 e. The van der Waals surface area contributed by atoms with E-state index in [4.69, 9.17) is 10.5 Å². The number of hydrogen-bond donors (Lipinski definition) is 1. The van der Waals surface area contributed by atoms with E-state index in [1.54, 1.807) is 17.0 Å². The Kier molecular flexibility index (Phi) is 5.17. The van der Waals surface area contributed by atoms with Crippen LogP contribution >= 0.6 is 0 Å². The molecule has 1 fully saturated rings. The molecule has 0 spiro atoms. The van der Waals surface area contributed by atoms with Crippen LogP contribution in [0.4, 0.5) is 4.39 Å². The summed E-state index contributed by atoms with van der Waals surface area (Å²) in [5.41, 5.74) is 5.94. The molecule has 1 aromatic carbocycles. The average Bonchev–Trinajstić information content (AvgIpc) is 2.49. The molecular weight excluding hydrogens is 271 g/mol. The number of hydrogen-bond acceptors (Lipinski definition) is 3. The Bertz CT molecular complexity index is 499. The van der Waals surface area contributed by atoms with Gasteiger partial charge in [0.05, 0.1) is 7.11 Å². The Labute approximate surface area is 125 Å². The van der Waals surface area contributed by atoms with Gasteiger partial charge in [0.25, 0.3) is 5.91 Å². The molecule has 1 amide bonds. The number of benzene rings is 1. The van der Waals surface area contributed by atoms with Crippen molar-refractivity contribution in [2.45, 2.75) is 44.7 Å². The first-order chi connectivity index (χ1) is 10.1. The van der Waals surface area contributed by atoms with Crippen molar-refractivity contribution in [1.29, 1.82) is 0 Å². The molecule has 0 heterocycles. The van der Waals surface area contributed by atoms with Crippen molar-refractivity contribution in [2.75, 3.05) is 13.7 Å². The second-order valence-corrected chi connectivity index (χ2v) is 5.48. The highest BCUT2D eigenvalue weighted by Crippen LogP contribution is 2.27. The summed E-state index contributed by atoms with van der Waals surface area (Å²) in [4.78, 5) is 14.5. The van der Waals surface area contributed by atoms with E-state index < -0.39 is 5.82 Å². The average molecular weight is 294 g/mol. The summed E-state index contributed by atoms with van der Waals surface area (Å²) in [7, 11) is 1.45. The minimum atomic E-state index is -0.537. The van der Waals surface area contributed by atoms with E-state index in [1.807, 2.05) is 6.92 Å². The Morgan fingerprint density at radius 3 is 2.62 bits per heavy atom. The molecule has 2 rings (SSSR count). The van der Waals surface area contributed by atoms with E-state index >= 15 is 0 Å². The second kappa shape index (κ2) is 6.89. The summed E-state index contributed by atoms with van der Waals surface area (Å²) in [6.45, 7) is 2.47. The van der Waals surface area contributed by atoms with Gasteiger partial charge in [-0.3, -0.25) is 4.79 Å². The predicted molar refractivity (Wildman–Crippen MR) is 79.9 cm³/mol. The first-order valence-electron chi connectivity index (χ1n) is 7.47. The molecule has 1 aromatic rings. The van der Waals surface area contributed by atoms with Crippen LogP contribution in [0, 0.1) is 5.82 Å². The lowest BCUT2D eigenvalue weighted by molar-refractivity contribution is 0.0632. The van der Waals surface area contributed by atoms with Gasteiger partial charge in [-0.05, 0) is 44.7 Å². The molecule has 21 heavy (non-hydrogen) atoms. The van der Waals surface area contributed by atoms with Gasteiger partial charge in [0.15, 0.2) is 0 Å². The summed E-state index contributed by atoms with van der Waals surface area (Å²) in [6, 6.07) is 4.80. The van der Waals surface area contributed by atoms with Gasteiger partial charge in [-0.2, -0.15) is 0 Å². The van der Waals surface area contributed by atoms with E-state index in [1.165, 1.54) is 13.2 Å². The maximum absolute atomic E-state index is 14.1. The number of nitrogens with two attached hydrogens (primary N) is 1. The highest BCUT2D eigenvalue weighted by molar-refractivity contribution is 5.97. The van der Waals surface area contributed by atoms with Gasteiger partial charge in [-0.25, -0.2) is 4.39 Å². The Morgan fingerprint density at radius 2 is 2.05 bits per heavy atom. The van der Waals surface area contributed by atoms with Gasteiger partial charge < -0.3 is 15.4 Å². The lowest BCUT2D eigenvalue weighted by Crippen LogP contribution is -2.44. The number of ether oxygens (including phenoxy) is 1. The third-order valence-electron chi connectivity index (χ3n) is 4.19. The molecule has 1 aliphatic carbocycles. The molecule has 5 heteroatoms. The summed E-state index contributed by atoms with van der Waals surface area (Å²) in [5.74, 6) is -0.552. The lowest BCUT2D eigenvalue weighted by Gasteiger charge is -2.35. The quantitative estimate of drug-likeness (QED) is 0.928. The van der Waals surface area contributed by atoms with Crippen LogP contribution in [0.3, 0.4) is 0 Å². The minimum Gasteiger partial charge on any atom is -0.496 e. The molecule has 0 bridgehead atoms. The van der Waals surface area contributed by atoms with Crippen molar-refractivity contribution >= 4 is 5.91 Å². The third-order valence-corrected chi connectivity index (χ3v) is 4.19. The van der Waals surface area contributed by atoms with Crippen molar-refractivity contribution in [3.63, 3.8) is 0 Å². The topological polar surface area (TPSA) is 55.6 Å².